The molecule has 2 heterocycles. The number of nitrogens with one attached hydrogen (secondary N) is 1. The fraction of sp³-hybridized carbons (Fsp3) is 0.533. The van der Waals surface area contributed by atoms with Crippen molar-refractivity contribution in [3.05, 3.63) is 23.8 Å². The lowest BCUT2D eigenvalue weighted by atomic mass is 10.2. The first-order valence-electron chi connectivity index (χ1n) is 7.18. The van der Waals surface area contributed by atoms with Gasteiger partial charge in [0.1, 0.15) is 0 Å². The minimum Gasteiger partial charge on any atom is -0.454 e. The molecular weight excluding hydrogens is 272 g/mol. The van der Waals surface area contributed by atoms with E-state index in [0.29, 0.717) is 19.7 Å². The van der Waals surface area contributed by atoms with Gasteiger partial charge in [0.05, 0.1) is 18.8 Å². The molecule has 6 nitrogen and oxygen atoms in total. The van der Waals surface area contributed by atoms with Crippen LogP contribution in [0.15, 0.2) is 18.2 Å². The molecule has 1 aromatic carbocycles. The molecule has 1 saturated heterocycles. The molecule has 2 amide bonds. The number of benzene rings is 1. The van der Waals surface area contributed by atoms with Gasteiger partial charge >= 0.3 is 6.03 Å². The van der Waals surface area contributed by atoms with Crippen molar-refractivity contribution < 1.29 is 19.0 Å². The molecule has 0 spiro atoms. The SMILES string of the molecule is C[C@@H]1CN(C(=O)NCc2ccc3c(c2)OCO3)[C@H](C)CO1. The molecule has 2 atom stereocenters. The topological polar surface area (TPSA) is 60.0 Å². The van der Waals surface area contributed by atoms with E-state index in [4.69, 9.17) is 14.2 Å². The highest BCUT2D eigenvalue weighted by atomic mass is 16.7. The number of ether oxygens (including phenoxy) is 3. The number of rotatable bonds is 2. The fourth-order valence-electron chi connectivity index (χ4n) is 2.52. The minimum atomic E-state index is -0.0599. The van der Waals surface area contributed by atoms with Crippen molar-refractivity contribution in [1.82, 2.24) is 10.2 Å². The molecule has 0 radical (unpaired) electrons. The van der Waals surface area contributed by atoms with E-state index in [1.807, 2.05) is 36.9 Å². The van der Waals surface area contributed by atoms with E-state index in [-0.39, 0.29) is 25.0 Å². The van der Waals surface area contributed by atoms with Crippen LogP contribution in [-0.4, -0.2) is 43.0 Å². The smallest absolute Gasteiger partial charge is 0.318 e. The average molecular weight is 292 g/mol. The number of amides is 2. The number of urea groups is 1. The van der Waals surface area contributed by atoms with Gasteiger partial charge in [0.2, 0.25) is 6.79 Å². The first-order chi connectivity index (χ1) is 10.1. The van der Waals surface area contributed by atoms with Crippen molar-refractivity contribution in [2.24, 2.45) is 0 Å². The van der Waals surface area contributed by atoms with Gasteiger partial charge in [-0.3, -0.25) is 0 Å². The standard InChI is InChI=1S/C15H20N2O4/c1-10-8-19-11(2)7-17(10)15(18)16-6-12-3-4-13-14(5-12)21-9-20-13/h3-5,10-11H,6-9H2,1-2H3,(H,16,18)/t10-,11-/m1/s1. The van der Waals surface area contributed by atoms with Crippen LogP contribution in [-0.2, 0) is 11.3 Å². The molecule has 6 heteroatoms. The third-order valence-corrected chi connectivity index (χ3v) is 3.75. The van der Waals surface area contributed by atoms with Gasteiger partial charge in [-0.2, -0.15) is 0 Å². The summed E-state index contributed by atoms with van der Waals surface area (Å²) in [5, 5.41) is 2.95. The van der Waals surface area contributed by atoms with Crippen molar-refractivity contribution in [3.63, 3.8) is 0 Å². The molecule has 0 bridgehead atoms. The fourth-order valence-corrected chi connectivity index (χ4v) is 2.52. The normalized spacial score (nSPS) is 24.0. The monoisotopic (exact) mass is 292 g/mol. The Morgan fingerprint density at radius 3 is 3.00 bits per heavy atom. The number of morpholine rings is 1. The molecule has 3 rings (SSSR count). The summed E-state index contributed by atoms with van der Waals surface area (Å²) in [5.74, 6) is 1.48. The van der Waals surface area contributed by atoms with Crippen molar-refractivity contribution >= 4 is 6.03 Å². The Labute approximate surface area is 124 Å². The van der Waals surface area contributed by atoms with Crippen LogP contribution in [0.3, 0.4) is 0 Å². The highest BCUT2D eigenvalue weighted by Gasteiger charge is 2.27. The predicted octanol–water partition coefficient (Wildman–Crippen LogP) is 1.73. The molecule has 0 aromatic heterocycles. The molecular formula is C15H20N2O4. The first kappa shape index (κ1) is 14.0. The number of hydrogen-bond donors (Lipinski definition) is 1. The summed E-state index contributed by atoms with van der Waals surface area (Å²) < 4.78 is 16.1. The molecule has 2 aliphatic heterocycles. The Bertz CT molecular complexity index is 534. The van der Waals surface area contributed by atoms with Crippen LogP contribution in [0.1, 0.15) is 19.4 Å². The van der Waals surface area contributed by atoms with Gasteiger partial charge in [0.15, 0.2) is 11.5 Å². The summed E-state index contributed by atoms with van der Waals surface area (Å²) in [6, 6.07) is 5.73. The van der Waals surface area contributed by atoms with Crippen LogP contribution in [0, 0.1) is 0 Å². The van der Waals surface area contributed by atoms with Crippen LogP contribution in [0.5, 0.6) is 11.5 Å². The van der Waals surface area contributed by atoms with E-state index in [0.717, 1.165) is 17.1 Å². The molecule has 1 aromatic rings. The summed E-state index contributed by atoms with van der Waals surface area (Å²) in [4.78, 5) is 14.1. The van der Waals surface area contributed by atoms with Crippen LogP contribution in [0.4, 0.5) is 4.79 Å². The predicted molar refractivity (Wildman–Crippen MR) is 76.4 cm³/mol. The van der Waals surface area contributed by atoms with Gasteiger partial charge in [-0.25, -0.2) is 4.79 Å². The van der Waals surface area contributed by atoms with Crippen molar-refractivity contribution in [3.8, 4) is 11.5 Å². The lowest BCUT2D eigenvalue weighted by Gasteiger charge is -2.36. The Balaban J connectivity index is 1.58. The summed E-state index contributed by atoms with van der Waals surface area (Å²) in [6.45, 7) is 5.89. The number of carbonyl (C=O) groups is 1. The number of nitrogens with zero attached hydrogens (tertiary/aromatic N) is 1. The molecule has 114 valence electrons. The van der Waals surface area contributed by atoms with Crippen molar-refractivity contribution in [2.75, 3.05) is 19.9 Å². The number of fused-ring (bicyclic) bond motifs is 1. The first-order valence-corrected chi connectivity index (χ1v) is 7.18. The highest BCUT2D eigenvalue weighted by molar-refractivity contribution is 5.74. The third kappa shape index (κ3) is 3.05. The van der Waals surface area contributed by atoms with Crippen LogP contribution < -0.4 is 14.8 Å². The number of carbonyl (C=O) groups excluding carboxylic acids is 1. The molecule has 0 saturated carbocycles. The zero-order chi connectivity index (χ0) is 14.8. The molecule has 1 fully saturated rings. The molecule has 21 heavy (non-hydrogen) atoms. The summed E-state index contributed by atoms with van der Waals surface area (Å²) in [7, 11) is 0. The zero-order valence-corrected chi connectivity index (χ0v) is 12.3. The van der Waals surface area contributed by atoms with Crippen molar-refractivity contribution in [2.45, 2.75) is 32.5 Å². The van der Waals surface area contributed by atoms with E-state index in [2.05, 4.69) is 5.32 Å². The van der Waals surface area contributed by atoms with E-state index in [9.17, 15) is 4.79 Å². The van der Waals surface area contributed by atoms with E-state index < -0.39 is 0 Å². The third-order valence-electron chi connectivity index (χ3n) is 3.75. The summed E-state index contributed by atoms with van der Waals surface area (Å²) in [5.41, 5.74) is 0.988. The quantitative estimate of drug-likeness (QED) is 0.902. The zero-order valence-electron chi connectivity index (χ0n) is 12.3. The Morgan fingerprint density at radius 2 is 2.14 bits per heavy atom. The van der Waals surface area contributed by atoms with Gasteiger partial charge in [-0.15, -0.1) is 0 Å². The Hall–Kier alpha value is -1.95. The van der Waals surface area contributed by atoms with Gasteiger partial charge in [-0.1, -0.05) is 6.07 Å². The molecule has 0 aliphatic carbocycles. The Morgan fingerprint density at radius 1 is 1.33 bits per heavy atom. The summed E-state index contributed by atoms with van der Waals surface area (Å²) in [6.07, 6.45) is 0.0810. The van der Waals surface area contributed by atoms with Gasteiger partial charge in [0, 0.05) is 13.1 Å². The largest absolute Gasteiger partial charge is 0.454 e. The van der Waals surface area contributed by atoms with Gasteiger partial charge in [-0.05, 0) is 31.5 Å². The van der Waals surface area contributed by atoms with E-state index in [1.54, 1.807) is 0 Å². The second kappa shape index (κ2) is 5.81. The lowest BCUT2D eigenvalue weighted by molar-refractivity contribution is -0.0318. The maximum absolute atomic E-state index is 12.3. The lowest BCUT2D eigenvalue weighted by Crippen LogP contribution is -2.53. The second-order valence-electron chi connectivity index (χ2n) is 5.49. The second-order valence-corrected chi connectivity index (χ2v) is 5.49. The molecule has 0 unspecified atom stereocenters. The molecule has 2 aliphatic rings. The summed E-state index contributed by atoms with van der Waals surface area (Å²) >= 11 is 0. The minimum absolute atomic E-state index is 0.0599. The van der Waals surface area contributed by atoms with Crippen LogP contribution in [0.2, 0.25) is 0 Å². The van der Waals surface area contributed by atoms with Crippen LogP contribution in [0.25, 0.3) is 0 Å². The van der Waals surface area contributed by atoms with Gasteiger partial charge < -0.3 is 24.4 Å². The molecule has 1 N–H and O–H groups in total. The highest BCUT2D eigenvalue weighted by Crippen LogP contribution is 2.32. The average Bonchev–Trinajstić information content (AvgIpc) is 2.94. The van der Waals surface area contributed by atoms with E-state index >= 15 is 0 Å². The maximum Gasteiger partial charge on any atom is 0.318 e. The van der Waals surface area contributed by atoms with Gasteiger partial charge in [0.25, 0.3) is 0 Å². The van der Waals surface area contributed by atoms with E-state index in [1.165, 1.54) is 0 Å². The maximum atomic E-state index is 12.3. The van der Waals surface area contributed by atoms with Crippen molar-refractivity contribution in [1.29, 1.82) is 0 Å². The Kier molecular flexibility index (Phi) is 3.88. The number of hydrogen-bond acceptors (Lipinski definition) is 4. The van der Waals surface area contributed by atoms with Crippen LogP contribution >= 0.6 is 0 Å².